The third-order valence-electron chi connectivity index (χ3n) is 4.89. The van der Waals surface area contributed by atoms with Gasteiger partial charge in [-0.05, 0) is 20.8 Å². The second-order valence-corrected chi connectivity index (χ2v) is 9.34. The summed E-state index contributed by atoms with van der Waals surface area (Å²) in [6, 6.07) is 0.933. The summed E-state index contributed by atoms with van der Waals surface area (Å²) in [4.78, 5) is 71.3. The molecule has 38 heavy (non-hydrogen) atoms. The molecule has 0 saturated carbocycles. The summed E-state index contributed by atoms with van der Waals surface area (Å²) in [5.41, 5.74) is -1.87. The van der Waals surface area contributed by atoms with E-state index in [0.29, 0.717) is 0 Å². The highest BCUT2D eigenvalue weighted by Crippen LogP contribution is 2.37. The van der Waals surface area contributed by atoms with Gasteiger partial charge >= 0.3 is 29.8 Å². The maximum Gasteiger partial charge on any atom is 0.355 e. The van der Waals surface area contributed by atoms with Gasteiger partial charge in [0.15, 0.2) is 24.5 Å². The number of hydrogen-bond acceptors (Lipinski definition) is 13. The van der Waals surface area contributed by atoms with Gasteiger partial charge in [0.05, 0.1) is 11.1 Å². The number of carbonyl (C=O) groups excluding carboxylic acids is 5. The Hall–Kier alpha value is -4.01. The fourth-order valence-corrected chi connectivity index (χ4v) is 3.70. The van der Waals surface area contributed by atoms with Crippen LogP contribution in [-0.2, 0) is 47.6 Å². The first-order valence-corrected chi connectivity index (χ1v) is 11.4. The fourth-order valence-electron chi connectivity index (χ4n) is 3.70. The van der Waals surface area contributed by atoms with Crippen molar-refractivity contribution in [3.8, 4) is 0 Å². The van der Waals surface area contributed by atoms with Crippen molar-refractivity contribution in [3.63, 3.8) is 0 Å². The maximum atomic E-state index is 13.0. The van der Waals surface area contributed by atoms with E-state index < -0.39 is 83.3 Å². The van der Waals surface area contributed by atoms with Gasteiger partial charge in [-0.25, -0.2) is 4.79 Å². The predicted molar refractivity (Wildman–Crippen MR) is 123 cm³/mol. The number of ether oxygens (including phenoxy) is 6. The van der Waals surface area contributed by atoms with E-state index in [-0.39, 0.29) is 5.69 Å². The van der Waals surface area contributed by atoms with Gasteiger partial charge in [-0.3, -0.25) is 29.3 Å². The van der Waals surface area contributed by atoms with Crippen molar-refractivity contribution >= 4 is 35.5 Å². The second-order valence-electron chi connectivity index (χ2n) is 9.34. The molecule has 0 spiro atoms. The summed E-state index contributed by atoms with van der Waals surface area (Å²) in [5, 5.41) is 11.6. The normalized spacial score (nSPS) is 23.1. The Morgan fingerprint density at radius 3 is 1.92 bits per heavy atom. The van der Waals surface area contributed by atoms with Crippen molar-refractivity contribution in [2.75, 3.05) is 6.61 Å². The fraction of sp³-hybridized carbons (Fsp3) is 0.609. The molecule has 1 aromatic rings. The molecule has 1 fully saturated rings. The third kappa shape index (κ3) is 7.99. The Morgan fingerprint density at radius 1 is 0.921 bits per heavy atom. The second kappa shape index (κ2) is 12.0. The monoisotopic (exact) mass is 542 g/mol. The number of rotatable bonds is 8. The standard InChI is InChI=1S/C23H30N2O13/c1-11(26)33-10-17-18(34-12(2)27)19(35-13(3)28)20(36-14(4)29)21(37-17)24-9-15(25(31)32)8-16(24)22(30)38-23(5,6)7/h8-9,17-21H,10H2,1-7H3/t17-,18-,19-,20-,21+/m1/s1. The van der Waals surface area contributed by atoms with E-state index in [9.17, 15) is 34.1 Å². The highest BCUT2D eigenvalue weighted by atomic mass is 16.7. The van der Waals surface area contributed by atoms with Crippen LogP contribution in [0.2, 0.25) is 0 Å². The van der Waals surface area contributed by atoms with Crippen molar-refractivity contribution in [3.05, 3.63) is 28.1 Å². The minimum absolute atomic E-state index is 0.354. The molecule has 0 aromatic carbocycles. The van der Waals surface area contributed by atoms with Gasteiger partial charge in [0.2, 0.25) is 0 Å². The topological polar surface area (TPSA) is 189 Å². The molecule has 2 rings (SSSR count). The number of aromatic nitrogens is 1. The van der Waals surface area contributed by atoms with Crippen molar-refractivity contribution in [1.82, 2.24) is 4.57 Å². The molecule has 0 radical (unpaired) electrons. The summed E-state index contributed by atoms with van der Waals surface area (Å²) in [7, 11) is 0. The van der Waals surface area contributed by atoms with Gasteiger partial charge in [-0.2, -0.15) is 0 Å². The molecule has 1 aromatic heterocycles. The smallest absolute Gasteiger partial charge is 0.355 e. The van der Waals surface area contributed by atoms with Crippen LogP contribution in [0.15, 0.2) is 12.3 Å². The van der Waals surface area contributed by atoms with Gasteiger partial charge in [-0.1, -0.05) is 0 Å². The van der Waals surface area contributed by atoms with Crippen LogP contribution in [0.3, 0.4) is 0 Å². The summed E-state index contributed by atoms with van der Waals surface area (Å²) < 4.78 is 33.4. The molecule has 2 heterocycles. The number of nitro groups is 1. The average Bonchev–Trinajstić information content (AvgIpc) is 3.19. The van der Waals surface area contributed by atoms with E-state index in [1.54, 1.807) is 20.8 Å². The number of carbonyl (C=O) groups is 5. The SMILES string of the molecule is CC(=O)OC[C@H]1O[C@H](n2cc([N+](=O)[O-])cc2C(=O)OC(C)(C)C)[C@H](OC(C)=O)[C@H](OC(C)=O)[C@@H]1OC(C)=O. The van der Waals surface area contributed by atoms with E-state index in [0.717, 1.165) is 44.5 Å². The number of esters is 5. The van der Waals surface area contributed by atoms with Crippen LogP contribution in [-0.4, -0.2) is 76.0 Å². The molecule has 15 heteroatoms. The molecule has 1 aliphatic rings. The largest absolute Gasteiger partial charge is 0.463 e. The maximum absolute atomic E-state index is 13.0. The molecule has 15 nitrogen and oxygen atoms in total. The first-order chi connectivity index (χ1) is 17.5. The number of hydrogen-bond donors (Lipinski definition) is 0. The molecule has 0 aliphatic carbocycles. The van der Waals surface area contributed by atoms with Gasteiger partial charge in [0.25, 0.3) is 5.69 Å². The Kier molecular flexibility index (Phi) is 9.56. The lowest BCUT2D eigenvalue weighted by atomic mass is 9.97. The van der Waals surface area contributed by atoms with E-state index in [1.807, 2.05) is 0 Å². The van der Waals surface area contributed by atoms with Crippen molar-refractivity contribution in [2.24, 2.45) is 0 Å². The predicted octanol–water partition coefficient (Wildman–Crippen LogP) is 1.61. The molecule has 0 amide bonds. The molecule has 0 unspecified atom stereocenters. The van der Waals surface area contributed by atoms with Crippen LogP contribution in [0.25, 0.3) is 0 Å². The highest BCUT2D eigenvalue weighted by Gasteiger charge is 2.53. The molecule has 1 saturated heterocycles. The average molecular weight is 542 g/mol. The lowest BCUT2D eigenvalue weighted by Gasteiger charge is -2.44. The third-order valence-corrected chi connectivity index (χ3v) is 4.89. The minimum atomic E-state index is -1.58. The Balaban J connectivity index is 2.74. The van der Waals surface area contributed by atoms with E-state index in [1.165, 1.54) is 0 Å². The summed E-state index contributed by atoms with van der Waals surface area (Å²) in [6.45, 7) is 8.51. The van der Waals surface area contributed by atoms with Crippen LogP contribution in [0.4, 0.5) is 5.69 Å². The lowest BCUT2D eigenvalue weighted by molar-refractivity contribution is -0.385. The van der Waals surface area contributed by atoms with Gasteiger partial charge in [0.1, 0.15) is 24.0 Å². The van der Waals surface area contributed by atoms with E-state index in [2.05, 4.69) is 0 Å². The molecular weight excluding hydrogens is 512 g/mol. The van der Waals surface area contributed by atoms with Gasteiger partial charge < -0.3 is 33.0 Å². The molecule has 1 aliphatic heterocycles. The van der Waals surface area contributed by atoms with Crippen LogP contribution in [0.5, 0.6) is 0 Å². The lowest BCUT2D eigenvalue weighted by Crippen LogP contribution is -2.60. The molecule has 210 valence electrons. The highest BCUT2D eigenvalue weighted by molar-refractivity contribution is 5.89. The zero-order chi connectivity index (χ0) is 28.9. The molecule has 5 atom stereocenters. The summed E-state index contributed by atoms with van der Waals surface area (Å²) in [5.74, 6) is -4.25. The van der Waals surface area contributed by atoms with Crippen molar-refractivity contribution in [1.29, 1.82) is 0 Å². The minimum Gasteiger partial charge on any atom is -0.463 e. The quantitative estimate of drug-likeness (QED) is 0.199. The van der Waals surface area contributed by atoms with Gasteiger partial charge in [0, 0.05) is 33.8 Å². The summed E-state index contributed by atoms with van der Waals surface area (Å²) >= 11 is 0. The van der Waals surface area contributed by atoms with E-state index >= 15 is 0 Å². The Bertz CT molecular complexity index is 1100. The van der Waals surface area contributed by atoms with Crippen molar-refractivity contribution in [2.45, 2.75) is 84.7 Å². The van der Waals surface area contributed by atoms with Crippen LogP contribution < -0.4 is 0 Å². The molecular formula is C23H30N2O13. The van der Waals surface area contributed by atoms with Crippen LogP contribution in [0, 0.1) is 10.1 Å². The number of nitrogens with zero attached hydrogens (tertiary/aromatic N) is 2. The summed E-state index contributed by atoms with van der Waals surface area (Å²) in [6.07, 6.45) is -6.49. The Morgan fingerprint density at radius 2 is 1.45 bits per heavy atom. The van der Waals surface area contributed by atoms with E-state index in [4.69, 9.17) is 28.4 Å². The first-order valence-electron chi connectivity index (χ1n) is 11.4. The zero-order valence-electron chi connectivity index (χ0n) is 22.0. The first kappa shape index (κ1) is 30.2. The van der Waals surface area contributed by atoms with Crippen LogP contribution >= 0.6 is 0 Å². The van der Waals surface area contributed by atoms with Gasteiger partial charge in [-0.15, -0.1) is 0 Å². The van der Waals surface area contributed by atoms with Crippen LogP contribution in [0.1, 0.15) is 65.2 Å². The molecule has 0 N–H and O–H groups in total. The van der Waals surface area contributed by atoms with Crippen molar-refractivity contribution < 1.29 is 57.3 Å². The Labute approximate surface area is 217 Å². The zero-order valence-corrected chi connectivity index (χ0v) is 22.0. The molecule has 0 bridgehead atoms.